The number of halogens is 2. The molecule has 1 aromatic carbocycles. The van der Waals surface area contributed by atoms with Crippen molar-refractivity contribution in [3.8, 4) is 0 Å². The van der Waals surface area contributed by atoms with Gasteiger partial charge in [0.15, 0.2) is 0 Å². The van der Waals surface area contributed by atoms with Crippen molar-refractivity contribution in [1.29, 1.82) is 0 Å². The van der Waals surface area contributed by atoms with Crippen LogP contribution in [0.25, 0.3) is 0 Å². The van der Waals surface area contributed by atoms with Crippen molar-refractivity contribution in [3.05, 3.63) is 34.3 Å². The molecule has 3 rings (SSSR count). The second kappa shape index (κ2) is 7.64. The number of nitrogens with one attached hydrogen (secondary N) is 1. The number of hydrogen-bond acceptors (Lipinski definition) is 3. The number of carbonyl (C=O) groups excluding carboxylic acids is 1. The summed E-state index contributed by atoms with van der Waals surface area (Å²) in [5.41, 5.74) is 1.70. The van der Waals surface area contributed by atoms with Crippen LogP contribution in [0.3, 0.4) is 0 Å². The molecule has 2 saturated heterocycles. The highest BCUT2D eigenvalue weighted by Crippen LogP contribution is 2.19. The van der Waals surface area contributed by atoms with Crippen LogP contribution in [0.4, 0.5) is 0 Å². The Labute approximate surface area is 143 Å². The van der Waals surface area contributed by atoms with E-state index in [-0.39, 0.29) is 18.3 Å². The predicted molar refractivity (Wildman–Crippen MR) is 92.2 cm³/mol. The van der Waals surface area contributed by atoms with Gasteiger partial charge in [-0.15, -0.1) is 12.4 Å². The zero-order chi connectivity index (χ0) is 14.8. The largest absolute Gasteiger partial charge is 0.336 e. The molecule has 1 aromatic rings. The average molecular weight is 344 g/mol. The van der Waals surface area contributed by atoms with E-state index in [0.717, 1.165) is 44.8 Å². The topological polar surface area (TPSA) is 35.6 Å². The van der Waals surface area contributed by atoms with Crippen molar-refractivity contribution < 1.29 is 4.79 Å². The zero-order valence-corrected chi connectivity index (χ0v) is 14.4. The maximum absolute atomic E-state index is 12.5. The highest BCUT2D eigenvalue weighted by atomic mass is 35.5. The summed E-state index contributed by atoms with van der Waals surface area (Å²) in [5, 5.41) is 4.07. The van der Waals surface area contributed by atoms with Crippen LogP contribution in [-0.2, 0) is 0 Å². The van der Waals surface area contributed by atoms with Gasteiger partial charge in [0.25, 0.3) is 5.91 Å². The molecule has 2 aliphatic rings. The van der Waals surface area contributed by atoms with Crippen molar-refractivity contribution >= 4 is 29.9 Å². The summed E-state index contributed by atoms with van der Waals surface area (Å²) < 4.78 is 0. The highest BCUT2D eigenvalue weighted by Gasteiger charge is 2.28. The van der Waals surface area contributed by atoms with Gasteiger partial charge in [-0.3, -0.25) is 9.69 Å². The maximum atomic E-state index is 12.5. The first kappa shape index (κ1) is 17.5. The number of amides is 1. The molecule has 2 aliphatic heterocycles. The minimum Gasteiger partial charge on any atom is -0.336 e. The lowest BCUT2D eigenvalue weighted by Crippen LogP contribution is -2.52. The Morgan fingerprint density at radius 3 is 2.59 bits per heavy atom. The van der Waals surface area contributed by atoms with E-state index in [1.165, 1.54) is 6.42 Å². The third kappa shape index (κ3) is 3.74. The van der Waals surface area contributed by atoms with Gasteiger partial charge in [-0.05, 0) is 37.6 Å². The molecule has 22 heavy (non-hydrogen) atoms. The molecule has 1 unspecified atom stereocenters. The number of aryl methyl sites for hydroxylation is 1. The van der Waals surface area contributed by atoms with E-state index in [2.05, 4.69) is 10.2 Å². The monoisotopic (exact) mass is 343 g/mol. The van der Waals surface area contributed by atoms with Crippen LogP contribution in [0.2, 0.25) is 5.02 Å². The van der Waals surface area contributed by atoms with Crippen molar-refractivity contribution in [2.45, 2.75) is 19.4 Å². The van der Waals surface area contributed by atoms with Gasteiger partial charge >= 0.3 is 0 Å². The summed E-state index contributed by atoms with van der Waals surface area (Å²) in [7, 11) is 0. The SMILES string of the molecule is Cc1ccc(C(=O)N2CCN(C3CCNC3)CC2)cc1Cl.Cl. The molecule has 122 valence electrons. The Balaban J connectivity index is 0.00000176. The predicted octanol–water partition coefficient (Wildman–Crippen LogP) is 2.19. The Morgan fingerprint density at radius 2 is 2.00 bits per heavy atom. The summed E-state index contributed by atoms with van der Waals surface area (Å²) >= 11 is 6.12. The fourth-order valence-electron chi connectivity index (χ4n) is 3.15. The van der Waals surface area contributed by atoms with E-state index < -0.39 is 0 Å². The van der Waals surface area contributed by atoms with Crippen molar-refractivity contribution in [2.75, 3.05) is 39.3 Å². The smallest absolute Gasteiger partial charge is 0.253 e. The lowest BCUT2D eigenvalue weighted by Gasteiger charge is -2.37. The van der Waals surface area contributed by atoms with Crippen LogP contribution in [-0.4, -0.2) is 61.0 Å². The van der Waals surface area contributed by atoms with Gasteiger partial charge in [-0.1, -0.05) is 17.7 Å². The van der Waals surface area contributed by atoms with Crippen molar-refractivity contribution in [1.82, 2.24) is 15.1 Å². The standard InChI is InChI=1S/C16H22ClN3O.ClH/c1-12-2-3-13(10-15(12)17)16(21)20-8-6-19(7-9-20)14-4-5-18-11-14;/h2-3,10,14,18H,4-9,11H2,1H3;1H. The number of carbonyl (C=O) groups is 1. The van der Waals surface area contributed by atoms with E-state index in [9.17, 15) is 4.79 Å². The highest BCUT2D eigenvalue weighted by molar-refractivity contribution is 6.31. The summed E-state index contributed by atoms with van der Waals surface area (Å²) in [4.78, 5) is 17.0. The van der Waals surface area contributed by atoms with Crippen LogP contribution in [0.1, 0.15) is 22.3 Å². The summed E-state index contributed by atoms with van der Waals surface area (Å²) in [6, 6.07) is 6.22. The van der Waals surface area contributed by atoms with Gasteiger partial charge < -0.3 is 10.2 Å². The molecule has 0 radical (unpaired) electrons. The molecule has 0 saturated carbocycles. The summed E-state index contributed by atoms with van der Waals surface area (Å²) in [6.07, 6.45) is 1.22. The molecule has 6 heteroatoms. The number of rotatable bonds is 2. The normalized spacial score (nSPS) is 22.5. The van der Waals surface area contributed by atoms with E-state index >= 15 is 0 Å². The quantitative estimate of drug-likeness (QED) is 0.893. The van der Waals surface area contributed by atoms with E-state index in [0.29, 0.717) is 16.6 Å². The molecule has 0 spiro atoms. The van der Waals surface area contributed by atoms with Crippen molar-refractivity contribution in [2.24, 2.45) is 0 Å². The van der Waals surface area contributed by atoms with Gasteiger partial charge in [0.1, 0.15) is 0 Å². The second-order valence-electron chi connectivity index (χ2n) is 5.94. The second-order valence-corrected chi connectivity index (χ2v) is 6.35. The molecule has 0 aliphatic carbocycles. The molecule has 0 aromatic heterocycles. The van der Waals surface area contributed by atoms with E-state index in [1.807, 2.05) is 24.0 Å². The van der Waals surface area contributed by atoms with E-state index in [1.54, 1.807) is 6.07 Å². The average Bonchev–Trinajstić information content (AvgIpc) is 3.04. The molecule has 1 amide bonds. The fourth-order valence-corrected chi connectivity index (χ4v) is 3.33. The lowest BCUT2D eigenvalue weighted by atomic mass is 10.1. The minimum atomic E-state index is 0. The molecular formula is C16H23Cl2N3O. The van der Waals surface area contributed by atoms with Gasteiger partial charge in [-0.25, -0.2) is 0 Å². The van der Waals surface area contributed by atoms with Gasteiger partial charge in [-0.2, -0.15) is 0 Å². The van der Waals surface area contributed by atoms with Crippen LogP contribution >= 0.6 is 24.0 Å². The third-order valence-corrected chi connectivity index (χ3v) is 4.98. The fraction of sp³-hybridized carbons (Fsp3) is 0.562. The molecule has 2 fully saturated rings. The van der Waals surface area contributed by atoms with Crippen LogP contribution in [0.5, 0.6) is 0 Å². The van der Waals surface area contributed by atoms with Crippen molar-refractivity contribution in [3.63, 3.8) is 0 Å². The Kier molecular flexibility index (Phi) is 6.09. The van der Waals surface area contributed by atoms with Gasteiger partial charge in [0, 0.05) is 49.4 Å². The Bertz CT molecular complexity index is 524. The first-order chi connectivity index (χ1) is 10.1. The molecule has 2 heterocycles. The molecular weight excluding hydrogens is 321 g/mol. The number of nitrogens with zero attached hydrogens (tertiary/aromatic N) is 2. The first-order valence-electron chi connectivity index (χ1n) is 7.65. The van der Waals surface area contributed by atoms with E-state index in [4.69, 9.17) is 11.6 Å². The van der Waals surface area contributed by atoms with Crippen LogP contribution < -0.4 is 5.32 Å². The first-order valence-corrected chi connectivity index (χ1v) is 8.03. The van der Waals surface area contributed by atoms with Gasteiger partial charge in [0.2, 0.25) is 0 Å². The molecule has 1 N–H and O–H groups in total. The zero-order valence-electron chi connectivity index (χ0n) is 12.8. The maximum Gasteiger partial charge on any atom is 0.253 e. The Hall–Kier alpha value is -0.810. The van der Waals surface area contributed by atoms with Crippen LogP contribution in [0.15, 0.2) is 18.2 Å². The molecule has 0 bridgehead atoms. The third-order valence-electron chi connectivity index (χ3n) is 4.57. The van der Waals surface area contributed by atoms with Crippen LogP contribution in [0, 0.1) is 6.92 Å². The van der Waals surface area contributed by atoms with Gasteiger partial charge in [0.05, 0.1) is 0 Å². The molecule has 1 atom stereocenters. The lowest BCUT2D eigenvalue weighted by molar-refractivity contribution is 0.0584. The summed E-state index contributed by atoms with van der Waals surface area (Å²) in [5.74, 6) is 0.0982. The number of hydrogen-bond donors (Lipinski definition) is 1. The number of piperazine rings is 1. The number of benzene rings is 1. The molecule has 4 nitrogen and oxygen atoms in total. The minimum absolute atomic E-state index is 0. The Morgan fingerprint density at radius 1 is 1.27 bits per heavy atom. The summed E-state index contributed by atoms with van der Waals surface area (Å²) in [6.45, 7) is 7.70.